The average molecular weight is 173 g/mol. The van der Waals surface area contributed by atoms with E-state index in [2.05, 4.69) is 0 Å². The van der Waals surface area contributed by atoms with Gasteiger partial charge in [0.05, 0.1) is 6.10 Å². The lowest BCUT2D eigenvalue weighted by Gasteiger charge is -2.27. The van der Waals surface area contributed by atoms with Crippen LogP contribution in [-0.2, 0) is 9.47 Å². The van der Waals surface area contributed by atoms with Gasteiger partial charge < -0.3 is 15.2 Å². The summed E-state index contributed by atoms with van der Waals surface area (Å²) in [4.78, 5) is 10.4. The highest BCUT2D eigenvalue weighted by molar-refractivity contribution is 5.64. The maximum absolute atomic E-state index is 10.4. The van der Waals surface area contributed by atoms with Crippen molar-refractivity contribution in [2.75, 3.05) is 7.11 Å². The number of carbonyl (C=O) groups excluding carboxylic acids is 1. The molecule has 0 unspecified atom stereocenters. The Kier molecular flexibility index (Phi) is 3.34. The van der Waals surface area contributed by atoms with E-state index in [4.69, 9.17) is 15.2 Å². The van der Waals surface area contributed by atoms with Crippen molar-refractivity contribution in [1.29, 1.82) is 0 Å². The Balaban J connectivity index is 2.30. The van der Waals surface area contributed by atoms with Crippen molar-refractivity contribution in [2.24, 2.45) is 5.73 Å². The molecule has 2 atom stereocenters. The van der Waals surface area contributed by atoms with Crippen LogP contribution in [0.2, 0.25) is 0 Å². The highest BCUT2D eigenvalue weighted by Crippen LogP contribution is 2.22. The molecule has 1 fully saturated rings. The number of rotatable bonds is 2. The Morgan fingerprint density at radius 3 is 2.67 bits per heavy atom. The molecule has 12 heavy (non-hydrogen) atoms. The summed E-state index contributed by atoms with van der Waals surface area (Å²) in [5, 5.41) is 0. The van der Waals surface area contributed by atoms with Gasteiger partial charge in [-0.05, 0) is 19.3 Å². The molecule has 2 N–H and O–H groups in total. The molecule has 1 amide bonds. The van der Waals surface area contributed by atoms with Gasteiger partial charge >= 0.3 is 6.09 Å². The van der Waals surface area contributed by atoms with E-state index < -0.39 is 6.09 Å². The zero-order chi connectivity index (χ0) is 8.97. The quantitative estimate of drug-likeness (QED) is 0.678. The molecule has 0 heterocycles. The predicted octanol–water partition coefficient (Wildman–Crippen LogP) is 1.04. The fourth-order valence-electron chi connectivity index (χ4n) is 1.59. The van der Waals surface area contributed by atoms with E-state index in [1.807, 2.05) is 0 Å². The zero-order valence-electron chi connectivity index (χ0n) is 7.29. The van der Waals surface area contributed by atoms with Crippen LogP contribution in [0.25, 0.3) is 0 Å². The van der Waals surface area contributed by atoms with Gasteiger partial charge in [-0.15, -0.1) is 0 Å². The highest BCUT2D eigenvalue weighted by Gasteiger charge is 2.23. The number of amides is 1. The van der Waals surface area contributed by atoms with Gasteiger partial charge in [0.1, 0.15) is 6.10 Å². The van der Waals surface area contributed by atoms with Crippen molar-refractivity contribution in [2.45, 2.75) is 37.9 Å². The molecular formula is C8H15NO3. The molecule has 4 nitrogen and oxygen atoms in total. The van der Waals surface area contributed by atoms with E-state index in [0.29, 0.717) is 0 Å². The van der Waals surface area contributed by atoms with Gasteiger partial charge in [-0.2, -0.15) is 0 Å². The third kappa shape index (κ3) is 2.70. The van der Waals surface area contributed by atoms with Crippen molar-refractivity contribution >= 4 is 6.09 Å². The van der Waals surface area contributed by atoms with Crippen LogP contribution in [0.5, 0.6) is 0 Å². The molecule has 1 aliphatic carbocycles. The van der Waals surface area contributed by atoms with Gasteiger partial charge in [0.2, 0.25) is 0 Å². The van der Waals surface area contributed by atoms with Gasteiger partial charge in [-0.25, -0.2) is 4.79 Å². The maximum atomic E-state index is 10.4. The first-order valence-electron chi connectivity index (χ1n) is 4.21. The Morgan fingerprint density at radius 1 is 1.42 bits per heavy atom. The van der Waals surface area contributed by atoms with E-state index >= 15 is 0 Å². The molecule has 0 aromatic rings. The summed E-state index contributed by atoms with van der Waals surface area (Å²) in [6.07, 6.45) is 3.27. The Hall–Kier alpha value is -0.770. The molecule has 0 bridgehead atoms. The Morgan fingerprint density at radius 2 is 2.08 bits per heavy atom. The number of carbonyl (C=O) groups is 1. The second kappa shape index (κ2) is 4.30. The number of hydrogen-bond acceptors (Lipinski definition) is 3. The molecule has 70 valence electrons. The minimum atomic E-state index is -0.684. The van der Waals surface area contributed by atoms with Gasteiger partial charge in [0.25, 0.3) is 0 Å². The van der Waals surface area contributed by atoms with Crippen molar-refractivity contribution in [3.63, 3.8) is 0 Å². The van der Waals surface area contributed by atoms with Crippen LogP contribution in [0.15, 0.2) is 0 Å². The lowest BCUT2D eigenvalue weighted by Crippen LogP contribution is -2.31. The molecular weight excluding hydrogens is 158 g/mol. The third-order valence-electron chi connectivity index (χ3n) is 2.19. The van der Waals surface area contributed by atoms with E-state index in [1.54, 1.807) is 7.11 Å². The lowest BCUT2D eigenvalue weighted by molar-refractivity contribution is 0.00358. The number of methoxy groups -OCH3 is 1. The number of ether oxygens (including phenoxy) is 2. The monoisotopic (exact) mass is 173 g/mol. The lowest BCUT2D eigenvalue weighted by atomic mass is 9.95. The average Bonchev–Trinajstić information content (AvgIpc) is 2.03. The Labute approximate surface area is 72.0 Å². The number of hydrogen-bond donors (Lipinski definition) is 1. The van der Waals surface area contributed by atoms with E-state index in [-0.39, 0.29) is 12.2 Å². The maximum Gasteiger partial charge on any atom is 0.404 e. The highest BCUT2D eigenvalue weighted by atomic mass is 16.6. The second-order valence-corrected chi connectivity index (χ2v) is 3.08. The summed E-state index contributed by atoms with van der Waals surface area (Å²) in [6, 6.07) is 0. The minimum absolute atomic E-state index is 0.0406. The summed E-state index contributed by atoms with van der Waals surface area (Å²) in [7, 11) is 1.68. The first-order chi connectivity index (χ1) is 5.72. The van der Waals surface area contributed by atoms with Crippen molar-refractivity contribution < 1.29 is 14.3 Å². The van der Waals surface area contributed by atoms with Gasteiger partial charge in [-0.1, -0.05) is 0 Å². The van der Waals surface area contributed by atoms with Crippen LogP contribution in [0.4, 0.5) is 4.79 Å². The minimum Gasteiger partial charge on any atom is -0.446 e. The largest absolute Gasteiger partial charge is 0.446 e. The van der Waals surface area contributed by atoms with Crippen molar-refractivity contribution in [1.82, 2.24) is 0 Å². The summed E-state index contributed by atoms with van der Waals surface area (Å²) >= 11 is 0. The SMILES string of the molecule is CO[C@H]1CCC[C@@H](OC(N)=O)C1. The molecule has 0 aromatic carbocycles. The molecule has 1 saturated carbocycles. The van der Waals surface area contributed by atoms with Crippen LogP contribution in [0.3, 0.4) is 0 Å². The fraction of sp³-hybridized carbons (Fsp3) is 0.875. The first-order valence-corrected chi connectivity index (χ1v) is 4.21. The molecule has 0 saturated heterocycles. The van der Waals surface area contributed by atoms with Crippen molar-refractivity contribution in [3.8, 4) is 0 Å². The summed E-state index contributed by atoms with van der Waals surface area (Å²) < 4.78 is 10.1. The van der Waals surface area contributed by atoms with Crippen molar-refractivity contribution in [3.05, 3.63) is 0 Å². The summed E-state index contributed by atoms with van der Waals surface area (Å²) in [5.74, 6) is 0. The second-order valence-electron chi connectivity index (χ2n) is 3.08. The molecule has 0 aliphatic heterocycles. The first kappa shape index (κ1) is 9.32. The zero-order valence-corrected chi connectivity index (χ0v) is 7.29. The van der Waals surface area contributed by atoms with Gasteiger partial charge in [0.15, 0.2) is 0 Å². The normalized spacial score (nSPS) is 29.8. The third-order valence-corrected chi connectivity index (χ3v) is 2.19. The summed E-state index contributed by atoms with van der Waals surface area (Å²) in [5.41, 5.74) is 4.91. The standard InChI is InChI=1S/C8H15NO3/c1-11-6-3-2-4-7(5-6)12-8(9)10/h6-7H,2-5H2,1H3,(H2,9,10)/t6-,7+/m0/s1. The molecule has 0 aromatic heterocycles. The predicted molar refractivity (Wildman–Crippen MR) is 43.7 cm³/mol. The van der Waals surface area contributed by atoms with Crippen LogP contribution < -0.4 is 5.73 Å². The van der Waals surface area contributed by atoms with Crippen LogP contribution in [-0.4, -0.2) is 25.4 Å². The van der Waals surface area contributed by atoms with Crippen LogP contribution >= 0.6 is 0 Å². The number of primary amides is 1. The topological polar surface area (TPSA) is 61.6 Å². The fourth-order valence-corrected chi connectivity index (χ4v) is 1.59. The van der Waals surface area contributed by atoms with Gasteiger partial charge in [0, 0.05) is 13.5 Å². The summed E-state index contributed by atoms with van der Waals surface area (Å²) in [6.45, 7) is 0. The molecule has 1 rings (SSSR count). The van der Waals surface area contributed by atoms with Gasteiger partial charge in [-0.3, -0.25) is 0 Å². The smallest absolute Gasteiger partial charge is 0.404 e. The van der Waals surface area contributed by atoms with Crippen LogP contribution in [0, 0.1) is 0 Å². The molecule has 0 spiro atoms. The molecule has 1 aliphatic rings. The Bertz CT molecular complexity index is 160. The van der Waals surface area contributed by atoms with E-state index in [0.717, 1.165) is 25.7 Å². The van der Waals surface area contributed by atoms with E-state index in [1.165, 1.54) is 0 Å². The number of nitrogens with two attached hydrogens (primary N) is 1. The molecule has 4 heteroatoms. The molecule has 0 radical (unpaired) electrons. The van der Waals surface area contributed by atoms with Crippen LogP contribution in [0.1, 0.15) is 25.7 Å². The van der Waals surface area contributed by atoms with E-state index in [9.17, 15) is 4.79 Å².